The Labute approximate surface area is 173 Å². The molecule has 11 heteroatoms. The van der Waals surface area contributed by atoms with Crippen molar-refractivity contribution in [2.24, 2.45) is 0 Å². The van der Waals surface area contributed by atoms with E-state index in [-0.39, 0.29) is 23.9 Å². The molecule has 30 heavy (non-hydrogen) atoms. The number of rotatable bonds is 5. The number of alkyl halides is 3. The number of benzene rings is 1. The second-order valence-corrected chi connectivity index (χ2v) is 9.23. The lowest BCUT2D eigenvalue weighted by Crippen LogP contribution is -2.49. The number of ether oxygens (including phenoxy) is 1. The highest BCUT2D eigenvalue weighted by Crippen LogP contribution is 2.26. The van der Waals surface area contributed by atoms with Gasteiger partial charge in [-0.05, 0) is 31.2 Å². The average Bonchev–Trinajstić information content (AvgIpc) is 2.67. The molecule has 0 unspecified atom stereocenters. The molecule has 1 saturated heterocycles. The summed E-state index contributed by atoms with van der Waals surface area (Å²) in [5.41, 5.74) is 0.847. The minimum Gasteiger partial charge on any atom is -0.406 e. The fourth-order valence-corrected chi connectivity index (χ4v) is 4.54. The summed E-state index contributed by atoms with van der Waals surface area (Å²) < 4.78 is 67.6. The van der Waals surface area contributed by atoms with Crippen LogP contribution in [-0.2, 0) is 10.0 Å². The highest BCUT2D eigenvalue weighted by molar-refractivity contribution is 7.89. The number of hydrogen-bond acceptors (Lipinski definition) is 6. The Morgan fingerprint density at radius 2 is 1.63 bits per heavy atom. The summed E-state index contributed by atoms with van der Waals surface area (Å²) >= 11 is 0. The molecular formula is C19H23F3N4O3S. The molecule has 3 rings (SSSR count). The molecule has 0 amide bonds. The molecule has 2 heterocycles. The summed E-state index contributed by atoms with van der Waals surface area (Å²) in [6.45, 7) is 7.28. The van der Waals surface area contributed by atoms with Gasteiger partial charge in [0.05, 0.1) is 4.90 Å². The minimum absolute atomic E-state index is 0.0783. The largest absolute Gasteiger partial charge is 0.573 e. The van der Waals surface area contributed by atoms with Crippen LogP contribution < -0.4 is 9.64 Å². The van der Waals surface area contributed by atoms with Gasteiger partial charge in [-0.15, -0.1) is 13.2 Å². The average molecular weight is 444 g/mol. The van der Waals surface area contributed by atoms with Crippen LogP contribution in [0.15, 0.2) is 35.2 Å². The molecule has 1 aromatic heterocycles. The van der Waals surface area contributed by atoms with Gasteiger partial charge in [0.15, 0.2) is 0 Å². The molecule has 7 nitrogen and oxygen atoms in total. The molecule has 0 saturated carbocycles. The third-order valence-electron chi connectivity index (χ3n) is 4.63. The molecule has 2 aromatic rings. The van der Waals surface area contributed by atoms with E-state index in [0.29, 0.717) is 13.1 Å². The van der Waals surface area contributed by atoms with E-state index in [1.165, 1.54) is 4.31 Å². The van der Waals surface area contributed by atoms with Crippen molar-refractivity contribution in [2.75, 3.05) is 31.1 Å². The number of sulfonamides is 1. The summed E-state index contributed by atoms with van der Waals surface area (Å²) in [5, 5.41) is 0. The zero-order valence-corrected chi connectivity index (χ0v) is 17.7. The molecule has 0 atom stereocenters. The summed E-state index contributed by atoms with van der Waals surface area (Å²) in [7, 11) is -3.82. The van der Waals surface area contributed by atoms with Crippen molar-refractivity contribution in [1.82, 2.24) is 14.3 Å². The quantitative estimate of drug-likeness (QED) is 0.704. The lowest BCUT2D eigenvalue weighted by molar-refractivity contribution is -0.274. The SMILES string of the molecule is Cc1cc(N2CCN(S(=O)(=O)c3ccc(OC(F)(F)F)cc3)CC2)nc(C(C)C)n1. The monoisotopic (exact) mass is 444 g/mol. The molecule has 1 aliphatic rings. The second-order valence-electron chi connectivity index (χ2n) is 7.29. The summed E-state index contributed by atoms with van der Waals surface area (Å²) in [4.78, 5) is 10.9. The predicted octanol–water partition coefficient (Wildman–Crippen LogP) is 3.32. The normalized spacial score (nSPS) is 16.2. The second kappa shape index (κ2) is 8.38. The topological polar surface area (TPSA) is 75.6 Å². The standard InChI is InChI=1S/C19H23F3N4O3S/c1-13(2)18-23-14(3)12-17(24-18)25-8-10-26(11-9-25)30(27,28)16-6-4-15(5-7-16)29-19(20,21)22/h4-7,12-13H,8-11H2,1-3H3. The van der Waals surface area contributed by atoms with Crippen molar-refractivity contribution < 1.29 is 26.3 Å². The van der Waals surface area contributed by atoms with Gasteiger partial charge in [-0.25, -0.2) is 18.4 Å². The van der Waals surface area contributed by atoms with Gasteiger partial charge in [0, 0.05) is 43.9 Å². The van der Waals surface area contributed by atoms with E-state index in [9.17, 15) is 21.6 Å². The Balaban J connectivity index is 1.70. The Morgan fingerprint density at radius 1 is 1.03 bits per heavy atom. The van der Waals surface area contributed by atoms with Crippen molar-refractivity contribution in [1.29, 1.82) is 0 Å². The molecular weight excluding hydrogens is 421 g/mol. The van der Waals surface area contributed by atoms with E-state index in [1.54, 1.807) is 0 Å². The van der Waals surface area contributed by atoms with Gasteiger partial charge in [0.25, 0.3) is 0 Å². The molecule has 1 aliphatic heterocycles. The van der Waals surface area contributed by atoms with Crippen LogP contribution in [0.5, 0.6) is 5.75 Å². The highest BCUT2D eigenvalue weighted by Gasteiger charge is 2.32. The molecule has 1 fully saturated rings. The maximum atomic E-state index is 12.8. The predicted molar refractivity (Wildman–Crippen MR) is 105 cm³/mol. The van der Waals surface area contributed by atoms with Gasteiger partial charge in [0.1, 0.15) is 17.4 Å². The van der Waals surface area contributed by atoms with Gasteiger partial charge in [-0.1, -0.05) is 13.8 Å². The molecule has 0 spiro atoms. The van der Waals surface area contributed by atoms with Crippen LogP contribution >= 0.6 is 0 Å². The zero-order chi connectivity index (χ0) is 22.1. The van der Waals surface area contributed by atoms with Crippen molar-refractivity contribution in [3.8, 4) is 5.75 Å². The zero-order valence-electron chi connectivity index (χ0n) is 16.8. The van der Waals surface area contributed by atoms with Gasteiger partial charge in [-0.2, -0.15) is 4.31 Å². The number of piperazine rings is 1. The molecule has 0 radical (unpaired) electrons. The van der Waals surface area contributed by atoms with Crippen molar-refractivity contribution in [3.63, 3.8) is 0 Å². The number of hydrogen-bond donors (Lipinski definition) is 0. The van der Waals surface area contributed by atoms with Crippen LogP contribution in [0.1, 0.15) is 31.3 Å². The van der Waals surface area contributed by atoms with Crippen molar-refractivity contribution in [2.45, 2.75) is 37.9 Å². The number of nitrogens with zero attached hydrogens (tertiary/aromatic N) is 4. The van der Waals surface area contributed by atoms with Crippen LogP contribution in [0.25, 0.3) is 0 Å². The molecule has 164 valence electrons. The van der Waals surface area contributed by atoms with Crippen molar-refractivity contribution in [3.05, 3.63) is 41.9 Å². The maximum absolute atomic E-state index is 12.8. The number of anilines is 1. The molecule has 0 aliphatic carbocycles. The fourth-order valence-electron chi connectivity index (χ4n) is 3.11. The van der Waals surface area contributed by atoms with Crippen LogP contribution in [0.4, 0.5) is 19.0 Å². The van der Waals surface area contributed by atoms with Crippen LogP contribution in [0.3, 0.4) is 0 Å². The third-order valence-corrected chi connectivity index (χ3v) is 6.54. The minimum atomic E-state index is -4.83. The van der Waals surface area contributed by atoms with Crippen LogP contribution in [0.2, 0.25) is 0 Å². The van der Waals surface area contributed by atoms with Gasteiger partial charge < -0.3 is 9.64 Å². The van der Waals surface area contributed by atoms with E-state index < -0.39 is 22.1 Å². The van der Waals surface area contributed by atoms with Gasteiger partial charge in [-0.3, -0.25) is 0 Å². The summed E-state index contributed by atoms with van der Waals surface area (Å²) in [5.74, 6) is 1.21. The van der Waals surface area contributed by atoms with Crippen molar-refractivity contribution >= 4 is 15.8 Å². The lowest BCUT2D eigenvalue weighted by Gasteiger charge is -2.35. The third kappa shape index (κ3) is 5.20. The smallest absolute Gasteiger partial charge is 0.406 e. The Morgan fingerprint density at radius 3 is 2.17 bits per heavy atom. The van der Waals surface area contributed by atoms with Gasteiger partial charge in [0.2, 0.25) is 10.0 Å². The first-order valence-corrected chi connectivity index (χ1v) is 10.9. The number of aromatic nitrogens is 2. The molecule has 1 aromatic carbocycles. The van der Waals surface area contributed by atoms with Gasteiger partial charge >= 0.3 is 6.36 Å². The van der Waals surface area contributed by atoms with E-state index in [0.717, 1.165) is 41.6 Å². The summed E-state index contributed by atoms with van der Waals surface area (Å²) in [6.07, 6.45) is -4.83. The first-order valence-electron chi connectivity index (χ1n) is 9.42. The summed E-state index contributed by atoms with van der Waals surface area (Å²) in [6, 6.07) is 6.09. The Kier molecular flexibility index (Phi) is 6.23. The van der Waals surface area contributed by atoms with E-state index >= 15 is 0 Å². The molecule has 0 N–H and O–H groups in total. The first-order chi connectivity index (χ1) is 14.0. The van der Waals surface area contributed by atoms with E-state index in [2.05, 4.69) is 14.7 Å². The van der Waals surface area contributed by atoms with Crippen LogP contribution in [0, 0.1) is 6.92 Å². The fraction of sp³-hybridized carbons (Fsp3) is 0.474. The highest BCUT2D eigenvalue weighted by atomic mass is 32.2. The van der Waals surface area contributed by atoms with E-state index in [1.807, 2.05) is 31.7 Å². The Bertz CT molecular complexity index is 987. The Hall–Kier alpha value is -2.40. The van der Waals surface area contributed by atoms with Crippen LogP contribution in [-0.4, -0.2) is 55.2 Å². The van der Waals surface area contributed by atoms with E-state index in [4.69, 9.17) is 0 Å². The number of aryl methyl sites for hydroxylation is 1. The first kappa shape index (κ1) is 22.3. The number of halogens is 3. The maximum Gasteiger partial charge on any atom is 0.573 e. The molecule has 0 bridgehead atoms. The lowest BCUT2D eigenvalue weighted by atomic mass is 10.2.